The van der Waals surface area contributed by atoms with E-state index in [1.54, 1.807) is 7.05 Å². The summed E-state index contributed by atoms with van der Waals surface area (Å²) in [5, 5.41) is 7.28. The van der Waals surface area contributed by atoms with Gasteiger partial charge >= 0.3 is 0 Å². The van der Waals surface area contributed by atoms with Gasteiger partial charge in [-0.3, -0.25) is 0 Å². The standard InChI is InChI=1S/C5H13N3/c1-4(2)5(6)8-7-3/h4-5H,6H2,1-3H3. The van der Waals surface area contributed by atoms with Gasteiger partial charge in [0.2, 0.25) is 0 Å². The molecular weight excluding hydrogens is 102 g/mol. The van der Waals surface area contributed by atoms with Gasteiger partial charge in [-0.15, -0.1) is 0 Å². The number of hydrogen-bond acceptors (Lipinski definition) is 3. The Kier molecular flexibility index (Phi) is 3.35. The minimum Gasteiger partial charge on any atom is -0.308 e. The lowest BCUT2D eigenvalue weighted by atomic mass is 10.2. The lowest BCUT2D eigenvalue weighted by molar-refractivity contribution is 0.491. The number of nitrogens with two attached hydrogens (primary N) is 1. The van der Waals surface area contributed by atoms with Crippen molar-refractivity contribution in [3.8, 4) is 0 Å². The Morgan fingerprint density at radius 2 is 1.88 bits per heavy atom. The summed E-state index contributed by atoms with van der Waals surface area (Å²) < 4.78 is 0. The molecule has 0 aliphatic carbocycles. The summed E-state index contributed by atoms with van der Waals surface area (Å²) in [7, 11) is 1.63. The molecule has 3 nitrogen and oxygen atoms in total. The summed E-state index contributed by atoms with van der Waals surface area (Å²) >= 11 is 0. The summed E-state index contributed by atoms with van der Waals surface area (Å²) in [5.74, 6) is 0.388. The fourth-order valence-corrected chi connectivity index (χ4v) is 0.267. The maximum absolute atomic E-state index is 5.47. The first-order chi connectivity index (χ1) is 3.68. The van der Waals surface area contributed by atoms with E-state index >= 15 is 0 Å². The highest BCUT2D eigenvalue weighted by molar-refractivity contribution is 4.57. The molecule has 0 saturated heterocycles. The van der Waals surface area contributed by atoms with Crippen molar-refractivity contribution in [1.82, 2.24) is 0 Å². The van der Waals surface area contributed by atoms with Gasteiger partial charge in [-0.05, 0) is 5.92 Å². The van der Waals surface area contributed by atoms with E-state index in [1.807, 2.05) is 13.8 Å². The van der Waals surface area contributed by atoms with Crippen LogP contribution in [0.2, 0.25) is 0 Å². The van der Waals surface area contributed by atoms with Crippen molar-refractivity contribution in [2.75, 3.05) is 7.05 Å². The maximum atomic E-state index is 5.47. The van der Waals surface area contributed by atoms with Gasteiger partial charge in [-0.2, -0.15) is 10.2 Å². The van der Waals surface area contributed by atoms with Crippen molar-refractivity contribution in [3.05, 3.63) is 0 Å². The monoisotopic (exact) mass is 115 g/mol. The first-order valence-electron chi connectivity index (χ1n) is 2.73. The molecule has 0 fully saturated rings. The highest BCUT2D eigenvalue weighted by Gasteiger charge is 2.02. The van der Waals surface area contributed by atoms with E-state index in [0.29, 0.717) is 5.92 Å². The van der Waals surface area contributed by atoms with Crippen LogP contribution in [0.15, 0.2) is 10.2 Å². The first-order valence-corrected chi connectivity index (χ1v) is 2.73. The molecular formula is C5H13N3. The Morgan fingerprint density at radius 3 is 2.00 bits per heavy atom. The SMILES string of the molecule is CN=NC(N)C(C)C. The number of azo groups is 1. The second kappa shape index (κ2) is 3.55. The van der Waals surface area contributed by atoms with Gasteiger partial charge in [0.25, 0.3) is 0 Å². The summed E-state index contributed by atoms with van der Waals surface area (Å²) in [5.41, 5.74) is 5.47. The van der Waals surface area contributed by atoms with Crippen LogP contribution in [0.5, 0.6) is 0 Å². The topological polar surface area (TPSA) is 50.7 Å². The molecule has 0 spiro atoms. The zero-order valence-corrected chi connectivity index (χ0v) is 5.63. The zero-order chi connectivity index (χ0) is 6.57. The van der Waals surface area contributed by atoms with Gasteiger partial charge in [0.1, 0.15) is 6.17 Å². The molecule has 3 heteroatoms. The lowest BCUT2D eigenvalue weighted by Crippen LogP contribution is -2.22. The van der Waals surface area contributed by atoms with Gasteiger partial charge in [-0.1, -0.05) is 13.8 Å². The van der Waals surface area contributed by atoms with Crippen molar-refractivity contribution in [3.63, 3.8) is 0 Å². The Labute approximate surface area is 50.0 Å². The Balaban J connectivity index is 3.47. The fraction of sp³-hybridized carbons (Fsp3) is 1.00. The predicted molar refractivity (Wildman–Crippen MR) is 33.6 cm³/mol. The molecule has 0 aliphatic heterocycles. The van der Waals surface area contributed by atoms with E-state index < -0.39 is 0 Å². The van der Waals surface area contributed by atoms with E-state index in [-0.39, 0.29) is 6.17 Å². The van der Waals surface area contributed by atoms with Crippen LogP contribution in [0.4, 0.5) is 0 Å². The molecule has 0 aliphatic rings. The molecule has 0 aromatic carbocycles. The summed E-state index contributed by atoms with van der Waals surface area (Å²) in [6.45, 7) is 4.03. The fourth-order valence-electron chi connectivity index (χ4n) is 0.267. The van der Waals surface area contributed by atoms with E-state index in [4.69, 9.17) is 5.73 Å². The molecule has 1 unspecified atom stereocenters. The maximum Gasteiger partial charge on any atom is 0.120 e. The third-order valence-corrected chi connectivity index (χ3v) is 0.932. The van der Waals surface area contributed by atoms with Gasteiger partial charge in [0.05, 0.1) is 0 Å². The van der Waals surface area contributed by atoms with Crippen molar-refractivity contribution >= 4 is 0 Å². The molecule has 0 aromatic heterocycles. The normalized spacial score (nSPS) is 15.6. The van der Waals surface area contributed by atoms with Crippen LogP contribution in [0.1, 0.15) is 13.8 Å². The average molecular weight is 115 g/mol. The van der Waals surface area contributed by atoms with Crippen molar-refractivity contribution < 1.29 is 0 Å². The Morgan fingerprint density at radius 1 is 1.38 bits per heavy atom. The van der Waals surface area contributed by atoms with Crippen LogP contribution in [0.25, 0.3) is 0 Å². The van der Waals surface area contributed by atoms with Crippen molar-refractivity contribution in [1.29, 1.82) is 0 Å². The highest BCUT2D eigenvalue weighted by Crippen LogP contribution is 1.98. The van der Waals surface area contributed by atoms with Crippen molar-refractivity contribution in [2.24, 2.45) is 21.9 Å². The van der Waals surface area contributed by atoms with Gasteiger partial charge < -0.3 is 5.73 Å². The number of rotatable bonds is 2. The average Bonchev–Trinajstić information content (AvgIpc) is 1.67. The van der Waals surface area contributed by atoms with Crippen LogP contribution in [0, 0.1) is 5.92 Å². The second-order valence-corrected chi connectivity index (χ2v) is 2.05. The van der Waals surface area contributed by atoms with E-state index in [1.165, 1.54) is 0 Å². The van der Waals surface area contributed by atoms with Gasteiger partial charge in [0.15, 0.2) is 0 Å². The van der Waals surface area contributed by atoms with E-state index in [9.17, 15) is 0 Å². The van der Waals surface area contributed by atoms with Crippen molar-refractivity contribution in [2.45, 2.75) is 20.0 Å². The van der Waals surface area contributed by atoms with Gasteiger partial charge in [0, 0.05) is 7.05 Å². The molecule has 8 heavy (non-hydrogen) atoms. The molecule has 2 N–H and O–H groups in total. The van der Waals surface area contributed by atoms with Crippen LogP contribution < -0.4 is 5.73 Å². The summed E-state index contributed by atoms with van der Waals surface area (Å²) in [6, 6.07) is 0. The van der Waals surface area contributed by atoms with Crippen LogP contribution >= 0.6 is 0 Å². The van der Waals surface area contributed by atoms with Crippen LogP contribution in [0.3, 0.4) is 0 Å². The molecule has 0 bridgehead atoms. The highest BCUT2D eigenvalue weighted by atomic mass is 15.2. The minimum atomic E-state index is -0.125. The molecule has 48 valence electrons. The quantitative estimate of drug-likeness (QED) is 0.536. The first kappa shape index (κ1) is 7.56. The molecule has 0 radical (unpaired) electrons. The number of hydrogen-bond donors (Lipinski definition) is 1. The largest absolute Gasteiger partial charge is 0.308 e. The predicted octanol–water partition coefficient (Wildman–Crippen LogP) is 1.01. The smallest absolute Gasteiger partial charge is 0.120 e. The second-order valence-electron chi connectivity index (χ2n) is 2.05. The van der Waals surface area contributed by atoms with Crippen LogP contribution in [-0.4, -0.2) is 13.2 Å². The molecule has 0 amide bonds. The third kappa shape index (κ3) is 2.69. The molecule has 1 atom stereocenters. The zero-order valence-electron chi connectivity index (χ0n) is 5.63. The van der Waals surface area contributed by atoms with Gasteiger partial charge in [-0.25, -0.2) is 0 Å². The summed E-state index contributed by atoms with van der Waals surface area (Å²) in [6.07, 6.45) is -0.125. The minimum absolute atomic E-state index is 0.125. The molecule has 0 saturated carbocycles. The number of nitrogens with zero attached hydrogens (tertiary/aromatic N) is 2. The lowest BCUT2D eigenvalue weighted by Gasteiger charge is -2.06. The molecule has 0 heterocycles. The molecule has 0 rings (SSSR count). The van der Waals surface area contributed by atoms with E-state index in [0.717, 1.165) is 0 Å². The molecule has 0 aromatic rings. The third-order valence-electron chi connectivity index (χ3n) is 0.932. The summed E-state index contributed by atoms with van der Waals surface area (Å²) in [4.78, 5) is 0. The van der Waals surface area contributed by atoms with Crippen LogP contribution in [-0.2, 0) is 0 Å². The van der Waals surface area contributed by atoms with E-state index in [2.05, 4.69) is 10.2 Å². The Bertz CT molecular complexity index is 77.7. The Hall–Kier alpha value is -0.440.